The number of carbonyl (C=O) groups excluding carboxylic acids is 1. The predicted octanol–water partition coefficient (Wildman–Crippen LogP) is 4.70. The molecule has 0 amide bonds. The first-order valence-electron chi connectivity index (χ1n) is 6.79. The first-order chi connectivity index (χ1) is 11.3. The van der Waals surface area contributed by atoms with Crippen molar-refractivity contribution >= 4 is 29.5 Å². The summed E-state index contributed by atoms with van der Waals surface area (Å²) < 4.78 is 44.0. The van der Waals surface area contributed by atoms with Gasteiger partial charge in [0.25, 0.3) is 0 Å². The molecule has 122 valence electrons. The Labute approximate surface area is 140 Å². The highest BCUT2D eigenvalue weighted by molar-refractivity contribution is 6.30. The topological polar surface area (TPSA) is 38.7 Å². The Hall–Kier alpha value is -2.60. The van der Waals surface area contributed by atoms with Crippen LogP contribution in [0.4, 0.5) is 13.2 Å². The molecular weight excluding hydrogens is 343 g/mol. The van der Waals surface area contributed by atoms with Gasteiger partial charge in [-0.05, 0) is 42.0 Å². The lowest BCUT2D eigenvalue weighted by Gasteiger charge is -2.09. The third-order valence-corrected chi connectivity index (χ3v) is 3.52. The molecule has 0 fully saturated rings. The molecule has 0 saturated carbocycles. The van der Waals surface area contributed by atoms with E-state index < -0.39 is 17.7 Å². The number of esters is 1. The first kappa shape index (κ1) is 16.3. The van der Waals surface area contributed by atoms with E-state index in [1.54, 1.807) is 24.3 Å². The summed E-state index contributed by atoms with van der Waals surface area (Å²) >= 11 is 5.78. The van der Waals surface area contributed by atoms with Crippen molar-refractivity contribution in [3.05, 3.63) is 75.9 Å². The van der Waals surface area contributed by atoms with Crippen molar-refractivity contribution in [2.45, 2.75) is 6.18 Å². The van der Waals surface area contributed by atoms with Crippen LogP contribution in [-0.4, -0.2) is 11.9 Å². The van der Waals surface area contributed by atoms with Gasteiger partial charge in [0.2, 0.25) is 5.90 Å². The number of nitrogens with zero attached hydrogens (tertiary/aromatic N) is 1. The van der Waals surface area contributed by atoms with Gasteiger partial charge in [-0.2, -0.15) is 13.2 Å². The fraction of sp³-hybridized carbons (Fsp3) is 0.0588. The van der Waals surface area contributed by atoms with Crippen LogP contribution in [0.5, 0.6) is 0 Å². The molecular formula is C17H9ClF3NO2. The Morgan fingerprint density at radius 1 is 1.04 bits per heavy atom. The van der Waals surface area contributed by atoms with E-state index in [4.69, 9.17) is 16.3 Å². The van der Waals surface area contributed by atoms with Crippen LogP contribution in [0.15, 0.2) is 59.2 Å². The Kier molecular flexibility index (Phi) is 4.15. The molecule has 0 atom stereocenters. The molecule has 0 radical (unpaired) electrons. The number of hydrogen-bond acceptors (Lipinski definition) is 3. The maximum Gasteiger partial charge on any atom is 0.416 e. The average Bonchev–Trinajstić information content (AvgIpc) is 2.88. The molecule has 7 heteroatoms. The summed E-state index contributed by atoms with van der Waals surface area (Å²) in [6.07, 6.45) is -3.47. The van der Waals surface area contributed by atoms with E-state index >= 15 is 0 Å². The van der Waals surface area contributed by atoms with Crippen molar-refractivity contribution in [1.29, 1.82) is 0 Å². The van der Waals surface area contributed by atoms with Gasteiger partial charge in [0, 0.05) is 10.6 Å². The summed E-state index contributed by atoms with van der Waals surface area (Å²) in [5.74, 6) is -0.788. The van der Waals surface area contributed by atoms with Gasteiger partial charge in [-0.3, -0.25) is 0 Å². The highest BCUT2D eigenvalue weighted by Crippen LogP contribution is 2.33. The smallest absolute Gasteiger partial charge is 0.402 e. The third-order valence-electron chi connectivity index (χ3n) is 3.27. The first-order valence-corrected chi connectivity index (χ1v) is 7.17. The molecule has 3 nitrogen and oxygen atoms in total. The summed E-state index contributed by atoms with van der Waals surface area (Å²) in [4.78, 5) is 15.9. The molecule has 3 rings (SSSR count). The van der Waals surface area contributed by atoms with Crippen molar-refractivity contribution < 1.29 is 22.7 Å². The van der Waals surface area contributed by atoms with Crippen LogP contribution in [0.25, 0.3) is 6.08 Å². The van der Waals surface area contributed by atoms with Gasteiger partial charge in [-0.15, -0.1) is 0 Å². The van der Waals surface area contributed by atoms with Crippen molar-refractivity contribution in [2.75, 3.05) is 0 Å². The molecule has 2 aromatic rings. The molecule has 0 bridgehead atoms. The SMILES string of the molecule is O=C1OC(c2ccc(Cl)cc2)=N/C1=C/c1ccccc1C(F)(F)F. The van der Waals surface area contributed by atoms with Crippen molar-refractivity contribution in [2.24, 2.45) is 4.99 Å². The summed E-state index contributed by atoms with van der Waals surface area (Å²) in [5, 5.41) is 0.499. The number of benzene rings is 2. The number of cyclic esters (lactones) is 1. The fourth-order valence-electron chi connectivity index (χ4n) is 2.15. The van der Waals surface area contributed by atoms with Crippen molar-refractivity contribution in [3.63, 3.8) is 0 Å². The summed E-state index contributed by atoms with van der Waals surface area (Å²) in [5.41, 5.74) is -0.699. The van der Waals surface area contributed by atoms with E-state index in [9.17, 15) is 18.0 Å². The van der Waals surface area contributed by atoms with Crippen LogP contribution in [0.1, 0.15) is 16.7 Å². The number of hydrogen-bond donors (Lipinski definition) is 0. The number of alkyl halides is 3. The van der Waals surface area contributed by atoms with Gasteiger partial charge >= 0.3 is 12.1 Å². The van der Waals surface area contributed by atoms with E-state index in [2.05, 4.69) is 4.99 Å². The average molecular weight is 352 g/mol. The minimum atomic E-state index is -4.53. The van der Waals surface area contributed by atoms with Gasteiger partial charge < -0.3 is 4.74 Å². The molecule has 1 aliphatic rings. The lowest BCUT2D eigenvalue weighted by molar-refractivity contribution is -0.137. The second kappa shape index (κ2) is 6.13. The maximum absolute atomic E-state index is 13.0. The lowest BCUT2D eigenvalue weighted by Crippen LogP contribution is -2.08. The number of halogens is 4. The zero-order valence-electron chi connectivity index (χ0n) is 12.0. The number of rotatable bonds is 2. The fourth-order valence-corrected chi connectivity index (χ4v) is 2.28. The van der Waals surface area contributed by atoms with Gasteiger partial charge in [0.1, 0.15) is 0 Å². The third kappa shape index (κ3) is 3.33. The quantitative estimate of drug-likeness (QED) is 0.581. The van der Waals surface area contributed by atoms with Gasteiger partial charge in [0.15, 0.2) is 5.70 Å². The van der Waals surface area contributed by atoms with Crippen LogP contribution < -0.4 is 0 Å². The minimum Gasteiger partial charge on any atom is -0.402 e. The zero-order chi connectivity index (χ0) is 17.3. The molecule has 0 saturated heterocycles. The van der Waals surface area contributed by atoms with E-state index in [1.807, 2.05) is 0 Å². The molecule has 0 spiro atoms. The monoisotopic (exact) mass is 351 g/mol. The largest absolute Gasteiger partial charge is 0.416 e. The zero-order valence-corrected chi connectivity index (χ0v) is 12.7. The molecule has 0 aliphatic carbocycles. The molecule has 24 heavy (non-hydrogen) atoms. The molecule has 1 aliphatic heterocycles. The normalized spacial score (nSPS) is 16.2. The Balaban J connectivity index is 1.99. The maximum atomic E-state index is 13.0. The van der Waals surface area contributed by atoms with Crippen molar-refractivity contribution in [3.8, 4) is 0 Å². The molecule has 1 heterocycles. The minimum absolute atomic E-state index is 0.0207. The summed E-state index contributed by atoms with van der Waals surface area (Å²) in [7, 11) is 0. The number of aliphatic imine (C=N–C) groups is 1. The molecule has 0 unspecified atom stereocenters. The van der Waals surface area contributed by atoms with E-state index in [1.165, 1.54) is 18.2 Å². The summed E-state index contributed by atoms with van der Waals surface area (Å²) in [6.45, 7) is 0. The van der Waals surface area contributed by atoms with Crippen LogP contribution in [-0.2, 0) is 15.7 Å². The van der Waals surface area contributed by atoms with Crippen LogP contribution >= 0.6 is 11.6 Å². The second-order valence-corrected chi connectivity index (χ2v) is 5.36. The van der Waals surface area contributed by atoms with E-state index in [-0.39, 0.29) is 17.2 Å². The molecule has 2 aromatic carbocycles. The number of ether oxygens (including phenoxy) is 1. The standard InChI is InChI=1S/C17H9ClF3NO2/c18-12-7-5-10(6-8-12)15-22-14(16(23)24-15)9-11-3-1-2-4-13(11)17(19,20)21/h1-9H/b14-9+. The Morgan fingerprint density at radius 2 is 1.71 bits per heavy atom. The Morgan fingerprint density at radius 3 is 2.38 bits per heavy atom. The van der Waals surface area contributed by atoms with Crippen molar-refractivity contribution in [1.82, 2.24) is 0 Å². The molecule has 0 aromatic heterocycles. The number of carbonyl (C=O) groups is 1. The van der Waals surface area contributed by atoms with Gasteiger partial charge in [0.05, 0.1) is 5.56 Å². The van der Waals surface area contributed by atoms with E-state index in [0.29, 0.717) is 10.6 Å². The second-order valence-electron chi connectivity index (χ2n) is 4.93. The highest BCUT2D eigenvalue weighted by atomic mass is 35.5. The van der Waals surface area contributed by atoms with E-state index in [0.717, 1.165) is 12.1 Å². The van der Waals surface area contributed by atoms with Gasteiger partial charge in [-0.1, -0.05) is 29.8 Å². The van der Waals surface area contributed by atoms with Crippen LogP contribution in [0, 0.1) is 0 Å². The lowest BCUT2D eigenvalue weighted by atomic mass is 10.1. The predicted molar refractivity (Wildman–Crippen MR) is 83.5 cm³/mol. The van der Waals surface area contributed by atoms with Crippen LogP contribution in [0.2, 0.25) is 5.02 Å². The Bertz CT molecular complexity index is 855. The highest BCUT2D eigenvalue weighted by Gasteiger charge is 2.33. The van der Waals surface area contributed by atoms with Crippen LogP contribution in [0.3, 0.4) is 0 Å². The summed E-state index contributed by atoms with van der Waals surface area (Å²) in [6, 6.07) is 11.3. The molecule has 0 N–H and O–H groups in total. The van der Waals surface area contributed by atoms with Gasteiger partial charge in [-0.25, -0.2) is 9.79 Å².